The zero-order chi connectivity index (χ0) is 26.3. The highest BCUT2D eigenvalue weighted by atomic mass is 32.1. The summed E-state index contributed by atoms with van der Waals surface area (Å²) in [4.78, 5) is 34.6. The summed E-state index contributed by atoms with van der Waals surface area (Å²) in [7, 11) is 0. The molecule has 0 unspecified atom stereocenters. The van der Waals surface area contributed by atoms with Crippen LogP contribution in [0.15, 0.2) is 84.8 Å². The summed E-state index contributed by atoms with van der Waals surface area (Å²) in [6, 6.07) is 16.2. The van der Waals surface area contributed by atoms with Crippen LogP contribution in [0.25, 0.3) is 55.3 Å². The molecule has 3 N–H and O–H groups in total. The number of nitrogens with one attached hydrogen (secondary N) is 3. The molecule has 0 aliphatic heterocycles. The minimum absolute atomic E-state index is 0.0745. The van der Waals surface area contributed by atoms with E-state index in [-0.39, 0.29) is 17.0 Å². The van der Waals surface area contributed by atoms with Crippen molar-refractivity contribution in [2.24, 2.45) is 0 Å². The number of aromatic nitrogens is 7. The fourth-order valence-electron chi connectivity index (χ4n) is 4.42. The molecule has 0 bridgehead atoms. The molecular weight excluding hydrogens is 515 g/mol. The van der Waals surface area contributed by atoms with Crippen molar-refractivity contribution >= 4 is 44.9 Å². The van der Waals surface area contributed by atoms with Crippen molar-refractivity contribution in [2.45, 2.75) is 0 Å². The van der Waals surface area contributed by atoms with Crippen LogP contribution in [0.5, 0.6) is 0 Å². The van der Waals surface area contributed by atoms with Gasteiger partial charge in [-0.2, -0.15) is 5.10 Å². The summed E-state index contributed by atoms with van der Waals surface area (Å²) in [6.07, 6.45) is 6.22. The van der Waals surface area contributed by atoms with Crippen molar-refractivity contribution in [3.05, 3.63) is 96.1 Å². The number of carbonyl (C=O) groups is 1. The maximum atomic E-state index is 16.1. The normalized spacial score (nSPS) is 11.3. The summed E-state index contributed by atoms with van der Waals surface area (Å²) in [6.45, 7) is 0. The Morgan fingerprint density at radius 3 is 2.67 bits per heavy atom. The molecule has 188 valence electrons. The van der Waals surface area contributed by atoms with Crippen molar-refractivity contribution in [3.8, 4) is 33.3 Å². The number of rotatable bonds is 5. The van der Waals surface area contributed by atoms with Gasteiger partial charge in [-0.05, 0) is 35.7 Å². The molecule has 0 aliphatic rings. The minimum atomic E-state index is -0.582. The van der Waals surface area contributed by atoms with Gasteiger partial charge in [0.1, 0.15) is 22.6 Å². The standard InChI is InChI=1S/C28H17FN8OS/c29-22-21-19(14-32-23(22)16-11-17(13-30-12-16)33-28(38)15-5-2-1-3-6-15)36-37-26(21)27-34-18-8-9-31-25(24(18)35-27)20-7-4-10-39-20/h1-14H,(H,33,38)(H,34,35)(H,36,37). The number of hydrogen-bond donors (Lipinski definition) is 3. The van der Waals surface area contributed by atoms with Crippen LogP contribution in [0.1, 0.15) is 10.4 Å². The van der Waals surface area contributed by atoms with Gasteiger partial charge in [-0.1, -0.05) is 24.3 Å². The first-order valence-electron chi connectivity index (χ1n) is 11.9. The maximum absolute atomic E-state index is 16.1. The number of hydrogen-bond acceptors (Lipinski definition) is 7. The first-order valence-corrected chi connectivity index (χ1v) is 12.8. The smallest absolute Gasteiger partial charge is 0.255 e. The Labute approximate surface area is 223 Å². The van der Waals surface area contributed by atoms with E-state index in [1.807, 2.05) is 29.6 Å². The molecule has 6 aromatic heterocycles. The Bertz CT molecular complexity index is 1980. The van der Waals surface area contributed by atoms with Gasteiger partial charge in [-0.15, -0.1) is 11.3 Å². The van der Waals surface area contributed by atoms with E-state index in [0.717, 1.165) is 16.1 Å². The topological polar surface area (TPSA) is 125 Å². The molecule has 0 saturated carbocycles. The zero-order valence-electron chi connectivity index (χ0n) is 20.0. The molecule has 1 amide bonds. The molecule has 0 fully saturated rings. The summed E-state index contributed by atoms with van der Waals surface area (Å²) in [5.74, 6) is -0.474. The van der Waals surface area contributed by atoms with E-state index in [4.69, 9.17) is 4.98 Å². The van der Waals surface area contributed by atoms with Gasteiger partial charge in [0.05, 0.1) is 39.4 Å². The number of thiophene rings is 1. The predicted octanol–water partition coefficient (Wildman–Crippen LogP) is 6.08. The van der Waals surface area contributed by atoms with Gasteiger partial charge in [0.15, 0.2) is 11.6 Å². The number of benzene rings is 1. The lowest BCUT2D eigenvalue weighted by atomic mass is 10.1. The molecule has 9 nitrogen and oxygen atoms in total. The van der Waals surface area contributed by atoms with E-state index in [1.54, 1.807) is 47.9 Å². The van der Waals surface area contributed by atoms with Crippen molar-refractivity contribution in [1.82, 2.24) is 35.1 Å². The average Bonchev–Trinajstić information content (AvgIpc) is 3.73. The molecule has 11 heteroatoms. The third-order valence-electron chi connectivity index (χ3n) is 6.23. The minimum Gasteiger partial charge on any atom is -0.336 e. The number of halogens is 1. The summed E-state index contributed by atoms with van der Waals surface area (Å²) >= 11 is 1.57. The molecule has 0 saturated heterocycles. The third kappa shape index (κ3) is 4.01. The molecule has 0 atom stereocenters. The van der Waals surface area contributed by atoms with Crippen LogP contribution in [0.4, 0.5) is 10.1 Å². The molecule has 0 radical (unpaired) electrons. The Morgan fingerprint density at radius 1 is 0.923 bits per heavy atom. The molecule has 1 aromatic carbocycles. The molecule has 0 aliphatic carbocycles. The monoisotopic (exact) mass is 532 g/mol. The van der Waals surface area contributed by atoms with Crippen LogP contribution in [0.2, 0.25) is 0 Å². The van der Waals surface area contributed by atoms with Crippen LogP contribution in [0, 0.1) is 5.82 Å². The Balaban J connectivity index is 1.29. The van der Waals surface area contributed by atoms with Crippen LogP contribution in [-0.2, 0) is 0 Å². The largest absolute Gasteiger partial charge is 0.336 e. The Hall–Kier alpha value is -5.29. The lowest BCUT2D eigenvalue weighted by molar-refractivity contribution is 0.102. The third-order valence-corrected chi connectivity index (χ3v) is 7.11. The molecular formula is C28H17FN8OS. The highest BCUT2D eigenvalue weighted by Crippen LogP contribution is 2.35. The van der Waals surface area contributed by atoms with Crippen LogP contribution < -0.4 is 5.32 Å². The van der Waals surface area contributed by atoms with E-state index < -0.39 is 5.82 Å². The first-order chi connectivity index (χ1) is 19.2. The number of amides is 1. The number of aromatic amines is 2. The molecule has 6 heterocycles. The number of imidazole rings is 1. The van der Waals surface area contributed by atoms with Gasteiger partial charge < -0.3 is 10.3 Å². The second kappa shape index (κ2) is 9.23. The Morgan fingerprint density at radius 2 is 1.82 bits per heavy atom. The van der Waals surface area contributed by atoms with Gasteiger partial charge in [0.2, 0.25) is 0 Å². The lowest BCUT2D eigenvalue weighted by Gasteiger charge is -2.08. The summed E-state index contributed by atoms with van der Waals surface area (Å²) in [5, 5.41) is 12.2. The lowest BCUT2D eigenvalue weighted by Crippen LogP contribution is -2.11. The highest BCUT2D eigenvalue weighted by molar-refractivity contribution is 7.13. The van der Waals surface area contributed by atoms with Crippen molar-refractivity contribution in [2.75, 3.05) is 5.32 Å². The second-order valence-corrected chi connectivity index (χ2v) is 9.63. The quantitative estimate of drug-likeness (QED) is 0.247. The van der Waals surface area contributed by atoms with Crippen molar-refractivity contribution in [1.29, 1.82) is 0 Å². The molecule has 0 spiro atoms. The fraction of sp³-hybridized carbons (Fsp3) is 0. The number of carbonyl (C=O) groups excluding carboxylic acids is 1. The molecule has 7 rings (SSSR count). The maximum Gasteiger partial charge on any atom is 0.255 e. The highest BCUT2D eigenvalue weighted by Gasteiger charge is 2.22. The Kier molecular flexibility index (Phi) is 5.41. The summed E-state index contributed by atoms with van der Waals surface area (Å²) < 4.78 is 16.1. The number of pyridine rings is 3. The van der Waals surface area contributed by atoms with Gasteiger partial charge in [-0.3, -0.25) is 24.8 Å². The van der Waals surface area contributed by atoms with E-state index in [1.165, 1.54) is 18.6 Å². The number of anilines is 1. The van der Waals surface area contributed by atoms with Gasteiger partial charge >= 0.3 is 0 Å². The predicted molar refractivity (Wildman–Crippen MR) is 148 cm³/mol. The first kappa shape index (κ1) is 22.9. The molecule has 39 heavy (non-hydrogen) atoms. The van der Waals surface area contributed by atoms with Crippen LogP contribution >= 0.6 is 11.3 Å². The van der Waals surface area contributed by atoms with E-state index >= 15 is 4.39 Å². The van der Waals surface area contributed by atoms with Gasteiger partial charge in [0.25, 0.3) is 5.91 Å². The van der Waals surface area contributed by atoms with E-state index in [9.17, 15) is 4.79 Å². The molecule has 7 aromatic rings. The number of H-pyrrole nitrogens is 2. The number of nitrogens with zero attached hydrogens (tertiary/aromatic N) is 5. The SMILES string of the molecule is O=C(Nc1cncc(-c2ncc3[nH]nc(-c4nc5c(-c6cccs6)nccc5[nH]4)c3c2F)c1)c1ccccc1. The van der Waals surface area contributed by atoms with Crippen molar-refractivity contribution in [3.63, 3.8) is 0 Å². The van der Waals surface area contributed by atoms with Gasteiger partial charge in [0, 0.05) is 23.5 Å². The average molecular weight is 533 g/mol. The van der Waals surface area contributed by atoms with Crippen LogP contribution in [-0.4, -0.2) is 41.0 Å². The van der Waals surface area contributed by atoms with Gasteiger partial charge in [-0.25, -0.2) is 9.37 Å². The fourth-order valence-corrected chi connectivity index (χ4v) is 5.14. The van der Waals surface area contributed by atoms with Crippen molar-refractivity contribution < 1.29 is 9.18 Å². The summed E-state index contributed by atoms with van der Waals surface area (Å²) in [5.41, 5.74) is 4.32. The zero-order valence-corrected chi connectivity index (χ0v) is 20.8. The van der Waals surface area contributed by atoms with Crippen LogP contribution in [0.3, 0.4) is 0 Å². The number of fused-ring (bicyclic) bond motifs is 2. The van der Waals surface area contributed by atoms with E-state index in [0.29, 0.717) is 39.4 Å². The second-order valence-electron chi connectivity index (χ2n) is 8.68. The van der Waals surface area contributed by atoms with E-state index in [2.05, 4.69) is 35.5 Å².